The number of aromatic nitrogens is 2. The van der Waals surface area contributed by atoms with Crippen molar-refractivity contribution in [2.45, 2.75) is 25.9 Å². The molecule has 2 aromatic carbocycles. The molecule has 2 saturated heterocycles. The summed E-state index contributed by atoms with van der Waals surface area (Å²) in [7, 11) is 2.03. The Morgan fingerprint density at radius 3 is 2.77 bits per heavy atom. The first-order chi connectivity index (χ1) is 14.5. The Kier molecular flexibility index (Phi) is 4.36. The second-order valence-electron chi connectivity index (χ2n) is 8.37. The Hall–Kier alpha value is -3.19. The summed E-state index contributed by atoms with van der Waals surface area (Å²) in [5.41, 5.74) is 4.52. The molecule has 0 radical (unpaired) electrons. The molecule has 5 rings (SSSR count). The van der Waals surface area contributed by atoms with Gasteiger partial charge in [-0.15, -0.1) is 0 Å². The van der Waals surface area contributed by atoms with Crippen LogP contribution < -0.4 is 10.2 Å². The van der Waals surface area contributed by atoms with Crippen LogP contribution in [0.15, 0.2) is 42.7 Å². The molecule has 0 aliphatic carbocycles. The Morgan fingerprint density at radius 1 is 1.17 bits per heavy atom. The number of nitrogens with one attached hydrogen (secondary N) is 1. The molecule has 0 bridgehead atoms. The number of amides is 1. The molecule has 1 spiro atoms. The summed E-state index contributed by atoms with van der Waals surface area (Å²) < 4.78 is 5.74. The number of benzene rings is 2. The van der Waals surface area contributed by atoms with Crippen molar-refractivity contribution in [1.29, 1.82) is 0 Å². The molecule has 0 saturated carbocycles. The maximum absolute atomic E-state index is 12.7. The average molecular weight is 403 g/mol. The number of ether oxygens (including phenoxy) is 1. The third-order valence-electron chi connectivity index (χ3n) is 5.93. The van der Waals surface area contributed by atoms with Crippen molar-refractivity contribution in [1.82, 2.24) is 14.9 Å². The summed E-state index contributed by atoms with van der Waals surface area (Å²) in [6.45, 7) is 6.24. The topological polar surface area (TPSA) is 70.6 Å². The molecule has 3 heterocycles. The van der Waals surface area contributed by atoms with Crippen molar-refractivity contribution in [3.63, 3.8) is 0 Å². The number of nitrogens with zero attached hydrogens (tertiary/aromatic N) is 4. The minimum Gasteiger partial charge on any atom is -0.438 e. The Balaban J connectivity index is 1.52. The number of likely N-dealkylation sites (tertiary alicyclic amines) is 1. The Labute approximate surface area is 175 Å². The third kappa shape index (κ3) is 3.15. The number of carbonyl (C=O) groups is 1. The van der Waals surface area contributed by atoms with E-state index in [1.807, 2.05) is 38.2 Å². The molecule has 30 heavy (non-hydrogen) atoms. The first kappa shape index (κ1) is 18.8. The average Bonchev–Trinajstić information content (AvgIpc) is 3.04. The van der Waals surface area contributed by atoms with Crippen LogP contribution in [0.25, 0.3) is 10.9 Å². The molecular formula is C23H25N5O2. The summed E-state index contributed by atoms with van der Waals surface area (Å²) in [6, 6.07) is 12.3. The van der Waals surface area contributed by atoms with E-state index in [0.29, 0.717) is 6.54 Å². The molecular weight excluding hydrogens is 378 g/mol. The summed E-state index contributed by atoms with van der Waals surface area (Å²) in [5.74, 6) is 0.722. The summed E-state index contributed by atoms with van der Waals surface area (Å²) >= 11 is 0. The van der Waals surface area contributed by atoms with Crippen LogP contribution in [-0.2, 0) is 11.2 Å². The summed E-state index contributed by atoms with van der Waals surface area (Å²) in [4.78, 5) is 25.5. The quantitative estimate of drug-likeness (QED) is 0.713. The molecule has 1 N–H and O–H groups in total. The van der Waals surface area contributed by atoms with Crippen LogP contribution in [0.5, 0.6) is 0 Å². The van der Waals surface area contributed by atoms with Gasteiger partial charge < -0.3 is 10.1 Å². The van der Waals surface area contributed by atoms with Crippen molar-refractivity contribution >= 4 is 34.2 Å². The lowest BCUT2D eigenvalue weighted by Gasteiger charge is -2.43. The highest BCUT2D eigenvalue weighted by Crippen LogP contribution is 2.37. The van der Waals surface area contributed by atoms with Gasteiger partial charge in [0, 0.05) is 24.2 Å². The molecule has 1 amide bonds. The molecule has 1 aromatic heterocycles. The van der Waals surface area contributed by atoms with Gasteiger partial charge in [0.2, 0.25) is 0 Å². The number of carbonyl (C=O) groups excluding carboxylic acids is 1. The van der Waals surface area contributed by atoms with Crippen molar-refractivity contribution < 1.29 is 9.53 Å². The van der Waals surface area contributed by atoms with Gasteiger partial charge in [-0.3, -0.25) is 9.80 Å². The Bertz CT molecular complexity index is 1140. The second kappa shape index (κ2) is 6.95. The Morgan fingerprint density at radius 2 is 2.00 bits per heavy atom. The molecule has 0 unspecified atom stereocenters. The molecule has 7 heteroatoms. The molecule has 2 aliphatic rings. The lowest BCUT2D eigenvalue weighted by molar-refractivity contribution is -0.0599. The van der Waals surface area contributed by atoms with Gasteiger partial charge in [0.1, 0.15) is 12.1 Å². The van der Waals surface area contributed by atoms with E-state index in [9.17, 15) is 4.79 Å². The van der Waals surface area contributed by atoms with Crippen LogP contribution in [0, 0.1) is 6.92 Å². The zero-order valence-corrected chi connectivity index (χ0v) is 17.5. The molecule has 2 aliphatic heterocycles. The van der Waals surface area contributed by atoms with Gasteiger partial charge >= 0.3 is 6.09 Å². The van der Waals surface area contributed by atoms with Gasteiger partial charge in [-0.2, -0.15) is 0 Å². The van der Waals surface area contributed by atoms with E-state index in [-0.39, 0.29) is 11.7 Å². The van der Waals surface area contributed by atoms with E-state index in [0.717, 1.165) is 53.2 Å². The minimum absolute atomic E-state index is 0.285. The van der Waals surface area contributed by atoms with Gasteiger partial charge in [-0.25, -0.2) is 14.8 Å². The van der Waals surface area contributed by atoms with Gasteiger partial charge in [0.25, 0.3) is 0 Å². The fraction of sp³-hybridized carbons (Fsp3) is 0.348. The van der Waals surface area contributed by atoms with E-state index < -0.39 is 0 Å². The third-order valence-corrected chi connectivity index (χ3v) is 5.93. The highest BCUT2D eigenvalue weighted by molar-refractivity contribution is 5.98. The molecule has 0 atom stereocenters. The fourth-order valence-electron chi connectivity index (χ4n) is 4.50. The van der Waals surface area contributed by atoms with Crippen LogP contribution in [0.2, 0.25) is 0 Å². The zero-order chi connectivity index (χ0) is 20.9. The maximum atomic E-state index is 12.7. The molecule has 3 aromatic rings. The highest BCUT2D eigenvalue weighted by atomic mass is 16.6. The van der Waals surface area contributed by atoms with Gasteiger partial charge in [0.05, 0.1) is 17.7 Å². The number of hydrogen-bond acceptors (Lipinski definition) is 6. The van der Waals surface area contributed by atoms with Crippen molar-refractivity contribution in [3.8, 4) is 0 Å². The number of fused-ring (bicyclic) bond motifs is 1. The largest absolute Gasteiger partial charge is 0.438 e. The van der Waals surface area contributed by atoms with Crippen molar-refractivity contribution in [2.24, 2.45) is 0 Å². The SMILES string of the molecule is CCc1cccc(Nc2ncnc3cc(C)c(N4CC5(CN(C)C5)OC4=O)cc23)c1. The maximum Gasteiger partial charge on any atom is 0.415 e. The highest BCUT2D eigenvalue weighted by Gasteiger charge is 2.52. The van der Waals surface area contributed by atoms with Crippen LogP contribution in [-0.4, -0.2) is 53.2 Å². The van der Waals surface area contributed by atoms with Crippen LogP contribution in [0.3, 0.4) is 0 Å². The van der Waals surface area contributed by atoms with E-state index in [1.54, 1.807) is 11.2 Å². The van der Waals surface area contributed by atoms with Crippen molar-refractivity contribution in [3.05, 3.63) is 53.9 Å². The van der Waals surface area contributed by atoms with E-state index in [4.69, 9.17) is 4.74 Å². The zero-order valence-electron chi connectivity index (χ0n) is 17.5. The van der Waals surface area contributed by atoms with Crippen molar-refractivity contribution in [2.75, 3.05) is 36.9 Å². The minimum atomic E-state index is -0.387. The standard InChI is InChI=1S/C23H25N5O2/c1-4-16-6-5-7-17(9-16)26-21-18-10-20(15(2)8-19(18)24-14-25-21)28-13-23(30-22(28)29)11-27(3)12-23/h5-10,14H,4,11-13H2,1-3H3,(H,24,25,26). The summed E-state index contributed by atoms with van der Waals surface area (Å²) in [5, 5.41) is 4.30. The molecule has 154 valence electrons. The summed E-state index contributed by atoms with van der Waals surface area (Å²) in [6.07, 6.45) is 2.25. The van der Waals surface area contributed by atoms with E-state index in [1.165, 1.54) is 5.56 Å². The van der Waals surface area contributed by atoms with Gasteiger partial charge in [-0.05, 0) is 55.8 Å². The smallest absolute Gasteiger partial charge is 0.415 e. The van der Waals surface area contributed by atoms with Crippen LogP contribution in [0.4, 0.5) is 22.0 Å². The predicted molar refractivity (Wildman–Crippen MR) is 117 cm³/mol. The number of aryl methyl sites for hydroxylation is 2. The number of anilines is 3. The van der Waals surface area contributed by atoms with E-state index >= 15 is 0 Å². The monoisotopic (exact) mass is 403 g/mol. The van der Waals surface area contributed by atoms with Gasteiger partial charge in [-0.1, -0.05) is 19.1 Å². The lowest BCUT2D eigenvalue weighted by atomic mass is 9.95. The second-order valence-corrected chi connectivity index (χ2v) is 8.37. The normalized spacial score (nSPS) is 18.0. The van der Waals surface area contributed by atoms with E-state index in [2.05, 4.69) is 39.2 Å². The fourth-order valence-corrected chi connectivity index (χ4v) is 4.50. The number of rotatable bonds is 4. The van der Waals surface area contributed by atoms with Gasteiger partial charge in [0.15, 0.2) is 5.60 Å². The van der Waals surface area contributed by atoms with Crippen LogP contribution >= 0.6 is 0 Å². The van der Waals surface area contributed by atoms with Crippen LogP contribution in [0.1, 0.15) is 18.1 Å². The number of likely N-dealkylation sites (N-methyl/N-ethyl adjacent to an activating group) is 1. The molecule has 2 fully saturated rings. The molecule has 7 nitrogen and oxygen atoms in total. The lowest BCUT2D eigenvalue weighted by Crippen LogP contribution is -2.62. The number of hydrogen-bond donors (Lipinski definition) is 1. The first-order valence-electron chi connectivity index (χ1n) is 10.3. The predicted octanol–water partition coefficient (Wildman–Crippen LogP) is 3.89. The first-order valence-corrected chi connectivity index (χ1v) is 10.3.